The standard InChI is InChI=1S/C12H11BN3.Ir/c1-15-8-9-16(10-15)13-12-5-3-2-4-11(12)6-7-14-13;/h2-9H,1H3;/q-1;. The van der Waals surface area contributed by atoms with E-state index in [0.717, 1.165) is 0 Å². The van der Waals surface area contributed by atoms with Crippen molar-refractivity contribution in [1.29, 1.82) is 0 Å². The van der Waals surface area contributed by atoms with Gasteiger partial charge < -0.3 is 14.3 Å². The van der Waals surface area contributed by atoms with Gasteiger partial charge >= 0.3 is 0 Å². The SMILES string of the molecule is C[n+]1[c-]n(B2[N-]C=Cc3ccccc32)cc1.[Ir]. The molecule has 0 atom stereocenters. The van der Waals surface area contributed by atoms with Gasteiger partial charge in [0.25, 0.3) is 6.98 Å². The second-order valence-corrected chi connectivity index (χ2v) is 3.88. The van der Waals surface area contributed by atoms with Gasteiger partial charge in [0.15, 0.2) is 6.33 Å². The summed E-state index contributed by atoms with van der Waals surface area (Å²) in [6.07, 6.45) is 11.1. The van der Waals surface area contributed by atoms with Crippen molar-refractivity contribution in [3.8, 4) is 0 Å². The number of fused-ring (bicyclic) bond motifs is 1. The van der Waals surface area contributed by atoms with Crippen LogP contribution in [-0.2, 0) is 27.2 Å². The van der Waals surface area contributed by atoms with Crippen LogP contribution in [0.4, 0.5) is 0 Å². The molecule has 0 aliphatic carbocycles. The smallest absolute Gasteiger partial charge is 0.284 e. The summed E-state index contributed by atoms with van der Waals surface area (Å²) in [6.45, 7) is 0.0161. The Hall–Kier alpha value is -1.32. The van der Waals surface area contributed by atoms with E-state index in [2.05, 4.69) is 23.7 Å². The van der Waals surface area contributed by atoms with Crippen LogP contribution in [0.3, 0.4) is 0 Å². The normalized spacial score (nSPS) is 12.6. The van der Waals surface area contributed by atoms with Crippen LogP contribution < -0.4 is 10.0 Å². The molecule has 1 aromatic heterocycles. The fourth-order valence-electron chi connectivity index (χ4n) is 1.96. The van der Waals surface area contributed by atoms with Crippen LogP contribution in [0.2, 0.25) is 0 Å². The van der Waals surface area contributed by atoms with Crippen LogP contribution in [0, 0.1) is 6.33 Å². The molecule has 0 unspecified atom stereocenters. The van der Waals surface area contributed by atoms with E-state index in [1.807, 2.05) is 52.9 Å². The Balaban J connectivity index is 0.00000108. The monoisotopic (exact) mass is 401 g/mol. The third kappa shape index (κ3) is 2.21. The van der Waals surface area contributed by atoms with Gasteiger partial charge in [-0.2, -0.15) is 6.20 Å². The van der Waals surface area contributed by atoms with Gasteiger partial charge in [0, 0.05) is 20.1 Å². The molecule has 17 heavy (non-hydrogen) atoms. The van der Waals surface area contributed by atoms with Crippen molar-refractivity contribution in [3.05, 3.63) is 60.0 Å². The zero-order valence-electron chi connectivity index (χ0n) is 9.37. The van der Waals surface area contributed by atoms with Gasteiger partial charge in [-0.05, 0) is 23.4 Å². The van der Waals surface area contributed by atoms with Crippen molar-refractivity contribution in [2.24, 2.45) is 7.05 Å². The number of imidazole rings is 1. The maximum absolute atomic E-state index is 4.49. The van der Waals surface area contributed by atoms with Gasteiger partial charge in [0.1, 0.15) is 0 Å². The molecule has 0 spiro atoms. The zero-order chi connectivity index (χ0) is 11.0. The molecule has 0 bridgehead atoms. The van der Waals surface area contributed by atoms with Gasteiger partial charge in [-0.25, -0.2) is 0 Å². The first kappa shape index (κ1) is 12.1. The molecule has 2 heterocycles. The topological polar surface area (TPSA) is 22.9 Å². The molecule has 1 aromatic carbocycles. The number of hydrogen-bond acceptors (Lipinski definition) is 0. The first-order valence-corrected chi connectivity index (χ1v) is 5.26. The number of aromatic nitrogens is 2. The number of nitrogens with zero attached hydrogens (tertiary/aromatic N) is 3. The minimum atomic E-state index is 0. The van der Waals surface area contributed by atoms with E-state index in [4.69, 9.17) is 0 Å². The van der Waals surface area contributed by atoms with Crippen LogP contribution in [0.5, 0.6) is 0 Å². The molecule has 0 fully saturated rings. The van der Waals surface area contributed by atoms with E-state index in [-0.39, 0.29) is 27.1 Å². The van der Waals surface area contributed by atoms with E-state index in [1.165, 1.54) is 11.0 Å². The molecule has 0 saturated heterocycles. The van der Waals surface area contributed by atoms with Crippen LogP contribution in [0.1, 0.15) is 5.56 Å². The Kier molecular flexibility index (Phi) is 3.50. The van der Waals surface area contributed by atoms with Crippen molar-refractivity contribution in [2.75, 3.05) is 0 Å². The van der Waals surface area contributed by atoms with Crippen LogP contribution in [0.25, 0.3) is 11.3 Å². The molecule has 3 nitrogen and oxygen atoms in total. The predicted octanol–water partition coefficient (Wildman–Crippen LogP) is 0.712. The van der Waals surface area contributed by atoms with Crippen LogP contribution in [0.15, 0.2) is 42.9 Å². The maximum atomic E-state index is 4.49. The van der Waals surface area contributed by atoms with E-state index in [9.17, 15) is 0 Å². The van der Waals surface area contributed by atoms with Gasteiger partial charge in [-0.1, -0.05) is 30.3 Å². The summed E-state index contributed by atoms with van der Waals surface area (Å²) >= 11 is 0. The van der Waals surface area contributed by atoms with Crippen molar-refractivity contribution < 1.29 is 24.7 Å². The molecule has 3 rings (SSSR count). The van der Waals surface area contributed by atoms with E-state index in [0.29, 0.717) is 0 Å². The Bertz CT molecular complexity index is 550. The Morgan fingerprint density at radius 2 is 2.18 bits per heavy atom. The number of hydrogen-bond donors (Lipinski definition) is 0. The minimum Gasteiger partial charge on any atom is -0.670 e. The van der Waals surface area contributed by atoms with Crippen molar-refractivity contribution in [1.82, 2.24) is 4.48 Å². The zero-order valence-corrected chi connectivity index (χ0v) is 11.8. The first-order chi connectivity index (χ1) is 7.84. The summed E-state index contributed by atoms with van der Waals surface area (Å²) in [5, 5.41) is 4.49. The fraction of sp³-hybridized carbons (Fsp3) is 0.0833. The molecular formula is C12H11BIrN3-. The minimum absolute atomic E-state index is 0. The molecule has 87 valence electrons. The second kappa shape index (κ2) is 4.90. The van der Waals surface area contributed by atoms with Gasteiger partial charge in [-0.15, -0.1) is 0 Å². The first-order valence-electron chi connectivity index (χ1n) is 5.26. The average molecular weight is 400 g/mol. The number of benzene rings is 1. The molecule has 5 heteroatoms. The Morgan fingerprint density at radius 3 is 2.94 bits per heavy atom. The summed E-state index contributed by atoms with van der Waals surface area (Å²) in [5.41, 5.74) is 2.45. The maximum Gasteiger partial charge on any atom is 0.284 e. The molecule has 1 radical (unpaired) electrons. The van der Waals surface area contributed by atoms with Crippen molar-refractivity contribution >= 4 is 18.5 Å². The van der Waals surface area contributed by atoms with Crippen LogP contribution in [-0.4, -0.2) is 11.5 Å². The summed E-state index contributed by atoms with van der Waals surface area (Å²) in [4.78, 5) is 0. The van der Waals surface area contributed by atoms with Gasteiger partial charge in [0.2, 0.25) is 0 Å². The van der Waals surface area contributed by atoms with E-state index in [1.54, 1.807) is 0 Å². The third-order valence-corrected chi connectivity index (χ3v) is 2.74. The van der Waals surface area contributed by atoms with Crippen molar-refractivity contribution in [2.45, 2.75) is 0 Å². The average Bonchev–Trinajstić information content (AvgIpc) is 2.75. The second-order valence-electron chi connectivity index (χ2n) is 3.88. The molecule has 1 aliphatic rings. The fourth-order valence-corrected chi connectivity index (χ4v) is 1.96. The van der Waals surface area contributed by atoms with Crippen LogP contribution >= 0.6 is 0 Å². The quantitative estimate of drug-likeness (QED) is 0.383. The number of rotatable bonds is 1. The number of aryl methyl sites for hydroxylation is 1. The molecule has 2 aromatic rings. The van der Waals surface area contributed by atoms with E-state index < -0.39 is 0 Å². The summed E-state index contributed by atoms with van der Waals surface area (Å²) < 4.78 is 3.89. The predicted molar refractivity (Wildman–Crippen MR) is 64.1 cm³/mol. The Labute approximate surface area is 115 Å². The largest absolute Gasteiger partial charge is 0.670 e. The Morgan fingerprint density at radius 1 is 1.35 bits per heavy atom. The molecule has 0 N–H and O–H groups in total. The van der Waals surface area contributed by atoms with Gasteiger partial charge in [0.05, 0.1) is 7.05 Å². The van der Waals surface area contributed by atoms with Gasteiger partial charge in [-0.3, -0.25) is 0 Å². The third-order valence-electron chi connectivity index (χ3n) is 2.74. The molecule has 1 aliphatic heterocycles. The summed E-state index contributed by atoms with van der Waals surface area (Å²) in [7, 11) is 1.96. The van der Waals surface area contributed by atoms with Crippen molar-refractivity contribution in [3.63, 3.8) is 0 Å². The summed E-state index contributed by atoms with van der Waals surface area (Å²) in [6, 6.07) is 8.31. The molecule has 0 amide bonds. The summed E-state index contributed by atoms with van der Waals surface area (Å²) in [5.74, 6) is 0. The molecular weight excluding hydrogens is 389 g/mol. The molecule has 0 saturated carbocycles. The van der Waals surface area contributed by atoms with E-state index >= 15 is 0 Å².